The standard InChI is InChI=1S/C29H32N2O8/c1-17-5-6-20-18(13-17)14-21(39-20)26(32)24-25(19-15-22(35-2)28(37-4)23(16-19)36-3)31(29(34)27(24)33)8-7-30-9-11-38-12-10-30/h5-6,13-16,25,33H,7-12H2,1-4H3. The van der Waals surface area contributed by atoms with E-state index in [0.717, 1.165) is 24.0 Å². The minimum absolute atomic E-state index is 0.0393. The molecule has 206 valence electrons. The van der Waals surface area contributed by atoms with Gasteiger partial charge in [-0.15, -0.1) is 0 Å². The number of carbonyl (C=O) groups is 2. The van der Waals surface area contributed by atoms with Gasteiger partial charge in [-0.3, -0.25) is 14.5 Å². The first-order valence-corrected chi connectivity index (χ1v) is 12.7. The van der Waals surface area contributed by atoms with Crippen molar-refractivity contribution in [2.75, 3.05) is 60.7 Å². The number of Topliss-reactive ketones (excluding diaryl/α,β-unsaturated/α-hetero) is 1. The number of rotatable bonds is 9. The number of morpholine rings is 1. The number of nitrogens with zero attached hydrogens (tertiary/aromatic N) is 2. The summed E-state index contributed by atoms with van der Waals surface area (Å²) in [6, 6.07) is 9.70. The maximum atomic E-state index is 13.9. The average molecular weight is 537 g/mol. The topological polar surface area (TPSA) is 111 Å². The molecule has 10 heteroatoms. The Morgan fingerprint density at radius 3 is 2.33 bits per heavy atom. The molecule has 1 atom stereocenters. The summed E-state index contributed by atoms with van der Waals surface area (Å²) in [6.45, 7) is 5.48. The third-order valence-electron chi connectivity index (χ3n) is 7.21. The molecule has 1 N–H and O–H groups in total. The first-order valence-electron chi connectivity index (χ1n) is 12.7. The number of benzene rings is 2. The summed E-state index contributed by atoms with van der Waals surface area (Å²) in [4.78, 5) is 31.1. The maximum absolute atomic E-state index is 13.9. The molecule has 1 amide bonds. The highest BCUT2D eigenvalue weighted by molar-refractivity contribution is 6.16. The second kappa shape index (κ2) is 11.0. The molecule has 0 spiro atoms. The molecule has 2 aromatic carbocycles. The lowest BCUT2D eigenvalue weighted by atomic mass is 9.94. The van der Waals surface area contributed by atoms with Crippen molar-refractivity contribution in [1.29, 1.82) is 0 Å². The molecule has 3 heterocycles. The Morgan fingerprint density at radius 1 is 1.00 bits per heavy atom. The zero-order chi connectivity index (χ0) is 27.7. The van der Waals surface area contributed by atoms with Crippen LogP contribution >= 0.6 is 0 Å². The average Bonchev–Trinajstić information content (AvgIpc) is 3.49. The molecule has 2 aliphatic heterocycles. The van der Waals surface area contributed by atoms with Crippen LogP contribution in [0.15, 0.2) is 52.1 Å². The number of hydrogen-bond acceptors (Lipinski definition) is 9. The summed E-state index contributed by atoms with van der Waals surface area (Å²) >= 11 is 0. The van der Waals surface area contributed by atoms with Gasteiger partial charge in [0.25, 0.3) is 5.91 Å². The van der Waals surface area contributed by atoms with Crippen LogP contribution in [0.5, 0.6) is 17.2 Å². The van der Waals surface area contributed by atoms with E-state index in [2.05, 4.69) is 4.90 Å². The van der Waals surface area contributed by atoms with Crippen molar-refractivity contribution in [3.8, 4) is 17.2 Å². The monoisotopic (exact) mass is 536 g/mol. The summed E-state index contributed by atoms with van der Waals surface area (Å²) in [7, 11) is 4.48. The molecule has 0 saturated carbocycles. The van der Waals surface area contributed by atoms with Crippen LogP contribution in [0.25, 0.3) is 11.0 Å². The van der Waals surface area contributed by atoms with Crippen LogP contribution in [0, 0.1) is 6.92 Å². The normalized spacial score (nSPS) is 18.2. The van der Waals surface area contributed by atoms with Gasteiger partial charge in [-0.1, -0.05) is 11.6 Å². The van der Waals surface area contributed by atoms with Gasteiger partial charge in [0.1, 0.15) is 5.58 Å². The zero-order valence-corrected chi connectivity index (χ0v) is 22.5. The van der Waals surface area contributed by atoms with E-state index in [9.17, 15) is 14.7 Å². The van der Waals surface area contributed by atoms with E-state index in [-0.39, 0.29) is 17.9 Å². The van der Waals surface area contributed by atoms with Crippen LogP contribution in [-0.4, -0.2) is 87.3 Å². The molecular formula is C29H32N2O8. The maximum Gasteiger partial charge on any atom is 0.290 e. The van der Waals surface area contributed by atoms with Crippen molar-refractivity contribution in [1.82, 2.24) is 9.80 Å². The first-order chi connectivity index (χ1) is 18.9. The Hall–Kier alpha value is -4.02. The number of hydrogen-bond donors (Lipinski definition) is 1. The van der Waals surface area contributed by atoms with Crippen LogP contribution in [0.2, 0.25) is 0 Å². The number of aliphatic hydroxyl groups excluding tert-OH is 1. The Bertz CT molecular complexity index is 1410. The summed E-state index contributed by atoms with van der Waals surface area (Å²) in [6.07, 6.45) is 0. The van der Waals surface area contributed by atoms with E-state index < -0.39 is 23.5 Å². The fourth-order valence-corrected chi connectivity index (χ4v) is 5.20. The SMILES string of the molecule is COc1cc(C2C(C(=O)c3cc4cc(C)ccc4o3)=C(O)C(=O)N2CCN2CCOCC2)cc(OC)c1OC. The molecule has 0 radical (unpaired) electrons. The Morgan fingerprint density at radius 2 is 1.69 bits per heavy atom. The van der Waals surface area contributed by atoms with E-state index in [1.54, 1.807) is 24.3 Å². The zero-order valence-electron chi connectivity index (χ0n) is 22.5. The second-order valence-electron chi connectivity index (χ2n) is 9.56. The molecule has 1 saturated heterocycles. The van der Waals surface area contributed by atoms with Crippen LogP contribution in [0.4, 0.5) is 0 Å². The van der Waals surface area contributed by atoms with Gasteiger partial charge in [0.15, 0.2) is 23.0 Å². The van der Waals surface area contributed by atoms with E-state index >= 15 is 0 Å². The van der Waals surface area contributed by atoms with Gasteiger partial charge < -0.3 is 33.4 Å². The van der Waals surface area contributed by atoms with Gasteiger partial charge in [-0.05, 0) is 42.8 Å². The molecule has 5 rings (SSSR count). The van der Waals surface area contributed by atoms with Crippen molar-refractivity contribution >= 4 is 22.7 Å². The summed E-state index contributed by atoms with van der Waals surface area (Å²) in [5, 5.41) is 11.9. The molecule has 1 unspecified atom stereocenters. The number of methoxy groups -OCH3 is 3. The van der Waals surface area contributed by atoms with Crippen molar-refractivity contribution in [3.63, 3.8) is 0 Å². The number of fused-ring (bicyclic) bond motifs is 1. The number of carbonyl (C=O) groups excluding carboxylic acids is 2. The third-order valence-corrected chi connectivity index (χ3v) is 7.21. The number of ether oxygens (including phenoxy) is 4. The van der Waals surface area contributed by atoms with Crippen molar-refractivity contribution in [2.45, 2.75) is 13.0 Å². The molecule has 0 aliphatic carbocycles. The Kier molecular flexibility index (Phi) is 7.49. The summed E-state index contributed by atoms with van der Waals surface area (Å²) < 4.78 is 27.9. The lowest BCUT2D eigenvalue weighted by Gasteiger charge is -2.32. The van der Waals surface area contributed by atoms with Gasteiger partial charge in [-0.2, -0.15) is 0 Å². The molecular weight excluding hydrogens is 504 g/mol. The van der Waals surface area contributed by atoms with E-state index in [1.165, 1.54) is 26.2 Å². The minimum atomic E-state index is -0.908. The van der Waals surface area contributed by atoms with Crippen molar-refractivity contribution < 1.29 is 38.1 Å². The third kappa shape index (κ3) is 4.93. The molecule has 3 aromatic rings. The van der Waals surface area contributed by atoms with Gasteiger partial charge >= 0.3 is 0 Å². The van der Waals surface area contributed by atoms with Crippen molar-refractivity contribution in [3.05, 3.63) is 64.6 Å². The summed E-state index contributed by atoms with van der Waals surface area (Å²) in [5.41, 5.74) is 2.03. The number of aliphatic hydroxyl groups is 1. The fourth-order valence-electron chi connectivity index (χ4n) is 5.20. The Labute approximate surface area is 226 Å². The van der Waals surface area contributed by atoms with Crippen LogP contribution < -0.4 is 14.2 Å². The minimum Gasteiger partial charge on any atom is -0.503 e. The molecule has 2 aliphatic rings. The van der Waals surface area contributed by atoms with E-state index in [0.29, 0.717) is 48.2 Å². The molecule has 1 fully saturated rings. The predicted molar refractivity (Wildman–Crippen MR) is 143 cm³/mol. The van der Waals surface area contributed by atoms with E-state index in [4.69, 9.17) is 23.4 Å². The van der Waals surface area contributed by atoms with Gasteiger partial charge in [0.2, 0.25) is 11.5 Å². The largest absolute Gasteiger partial charge is 0.503 e. The van der Waals surface area contributed by atoms with E-state index in [1.807, 2.05) is 19.1 Å². The molecule has 1 aromatic heterocycles. The van der Waals surface area contributed by atoms with Crippen molar-refractivity contribution in [2.24, 2.45) is 0 Å². The highest BCUT2D eigenvalue weighted by Gasteiger charge is 2.45. The fraction of sp³-hybridized carbons (Fsp3) is 0.379. The first kappa shape index (κ1) is 26.6. The van der Waals surface area contributed by atoms with Crippen LogP contribution in [-0.2, 0) is 9.53 Å². The Balaban J connectivity index is 1.59. The number of furan rings is 1. The van der Waals surface area contributed by atoms with Crippen LogP contribution in [0.1, 0.15) is 27.7 Å². The number of aryl methyl sites for hydroxylation is 1. The summed E-state index contributed by atoms with van der Waals surface area (Å²) in [5.74, 6) is -0.647. The number of amides is 1. The van der Waals surface area contributed by atoms with Crippen LogP contribution in [0.3, 0.4) is 0 Å². The van der Waals surface area contributed by atoms with Gasteiger partial charge in [-0.25, -0.2) is 0 Å². The highest BCUT2D eigenvalue weighted by Crippen LogP contribution is 2.45. The highest BCUT2D eigenvalue weighted by atomic mass is 16.5. The predicted octanol–water partition coefficient (Wildman–Crippen LogP) is 3.68. The smallest absolute Gasteiger partial charge is 0.290 e. The molecule has 10 nitrogen and oxygen atoms in total. The van der Waals surface area contributed by atoms with Gasteiger partial charge in [0.05, 0.1) is 46.2 Å². The molecule has 39 heavy (non-hydrogen) atoms. The molecule has 0 bridgehead atoms. The second-order valence-corrected chi connectivity index (χ2v) is 9.56. The van der Waals surface area contributed by atoms with Gasteiger partial charge in [0, 0.05) is 31.6 Å². The lowest BCUT2D eigenvalue weighted by molar-refractivity contribution is -0.129. The quantitative estimate of drug-likeness (QED) is 0.410. The number of ketones is 1. The lowest BCUT2D eigenvalue weighted by Crippen LogP contribution is -2.43.